The molecule has 0 unspecified atom stereocenters. The van der Waals surface area contributed by atoms with Crippen molar-refractivity contribution in [2.45, 2.75) is 18.4 Å². The number of primary sulfonamides is 1. The monoisotopic (exact) mass is 364 g/mol. The molecule has 3 N–H and O–H groups in total. The van der Waals surface area contributed by atoms with E-state index in [9.17, 15) is 13.2 Å². The molecule has 0 aromatic heterocycles. The van der Waals surface area contributed by atoms with Crippen LogP contribution in [0.4, 0.5) is 0 Å². The first kappa shape index (κ1) is 18.8. The highest BCUT2D eigenvalue weighted by Gasteiger charge is 2.07. The van der Waals surface area contributed by atoms with Gasteiger partial charge in [-0.05, 0) is 48.9 Å². The lowest BCUT2D eigenvalue weighted by Gasteiger charge is -2.09. The average Bonchev–Trinajstić information content (AvgIpc) is 2.59. The topological polar surface area (TPSA) is 108 Å². The van der Waals surface area contributed by atoms with Gasteiger partial charge in [0.05, 0.1) is 11.5 Å². The Bertz CT molecular complexity index is 802. The van der Waals surface area contributed by atoms with Crippen LogP contribution < -0.4 is 19.9 Å². The molecule has 0 aliphatic rings. The van der Waals surface area contributed by atoms with Crippen LogP contribution in [0.25, 0.3) is 0 Å². The van der Waals surface area contributed by atoms with E-state index in [2.05, 4.69) is 5.32 Å². The normalized spacial score (nSPS) is 11.0. The van der Waals surface area contributed by atoms with Crippen molar-refractivity contribution in [2.24, 2.45) is 5.14 Å². The molecule has 0 saturated heterocycles. The van der Waals surface area contributed by atoms with Gasteiger partial charge in [-0.15, -0.1) is 0 Å². The van der Waals surface area contributed by atoms with Crippen molar-refractivity contribution in [1.29, 1.82) is 0 Å². The van der Waals surface area contributed by atoms with E-state index in [1.54, 1.807) is 36.4 Å². The molecule has 0 radical (unpaired) electrons. The molecule has 0 heterocycles. The van der Waals surface area contributed by atoms with E-state index in [-0.39, 0.29) is 24.0 Å². The third kappa shape index (κ3) is 6.09. The number of nitrogens with one attached hydrogen (secondary N) is 1. The van der Waals surface area contributed by atoms with Gasteiger partial charge in [0.15, 0.2) is 6.61 Å². The summed E-state index contributed by atoms with van der Waals surface area (Å²) in [7, 11) is -3.71. The van der Waals surface area contributed by atoms with Gasteiger partial charge in [0.2, 0.25) is 10.0 Å². The maximum Gasteiger partial charge on any atom is 0.258 e. The zero-order chi connectivity index (χ0) is 18.3. The number of sulfonamides is 1. The van der Waals surface area contributed by atoms with Crippen molar-refractivity contribution in [1.82, 2.24) is 5.32 Å². The van der Waals surface area contributed by atoms with E-state index < -0.39 is 10.0 Å². The molecule has 25 heavy (non-hydrogen) atoms. The van der Waals surface area contributed by atoms with E-state index >= 15 is 0 Å². The molecular formula is C17H20N2O5S. The number of nitrogens with two attached hydrogens (primary N) is 1. The van der Waals surface area contributed by atoms with Crippen LogP contribution in [0, 0.1) is 0 Å². The van der Waals surface area contributed by atoms with Gasteiger partial charge in [-0.2, -0.15) is 0 Å². The van der Waals surface area contributed by atoms with Crippen LogP contribution in [-0.4, -0.2) is 27.5 Å². The van der Waals surface area contributed by atoms with E-state index in [0.717, 1.165) is 11.3 Å². The van der Waals surface area contributed by atoms with E-state index in [1.807, 2.05) is 6.92 Å². The zero-order valence-electron chi connectivity index (χ0n) is 13.8. The van der Waals surface area contributed by atoms with Crippen LogP contribution in [0.5, 0.6) is 11.5 Å². The zero-order valence-corrected chi connectivity index (χ0v) is 14.6. The van der Waals surface area contributed by atoms with Crippen molar-refractivity contribution < 1.29 is 22.7 Å². The van der Waals surface area contributed by atoms with Gasteiger partial charge in [-0.1, -0.05) is 12.1 Å². The van der Waals surface area contributed by atoms with Gasteiger partial charge in [0, 0.05) is 6.54 Å². The van der Waals surface area contributed by atoms with Crippen molar-refractivity contribution in [3.05, 3.63) is 54.1 Å². The molecule has 0 aliphatic heterocycles. The molecule has 8 heteroatoms. The quantitative estimate of drug-likeness (QED) is 0.737. The lowest BCUT2D eigenvalue weighted by atomic mass is 10.2. The van der Waals surface area contributed by atoms with Gasteiger partial charge >= 0.3 is 0 Å². The summed E-state index contributed by atoms with van der Waals surface area (Å²) in [6.07, 6.45) is 0. The molecule has 2 aromatic carbocycles. The largest absolute Gasteiger partial charge is 0.494 e. The molecule has 0 atom stereocenters. The minimum Gasteiger partial charge on any atom is -0.494 e. The molecule has 2 rings (SSSR count). The Hall–Kier alpha value is -2.58. The summed E-state index contributed by atoms with van der Waals surface area (Å²) in [4.78, 5) is 11.8. The Balaban J connectivity index is 1.78. The summed E-state index contributed by atoms with van der Waals surface area (Å²) in [5, 5.41) is 7.72. The summed E-state index contributed by atoms with van der Waals surface area (Å²) in [5.74, 6) is 1.02. The summed E-state index contributed by atoms with van der Waals surface area (Å²) in [6.45, 7) is 2.62. The number of carbonyl (C=O) groups excluding carboxylic acids is 1. The number of rotatable bonds is 8. The van der Waals surface area contributed by atoms with Gasteiger partial charge in [0.25, 0.3) is 5.91 Å². The SMILES string of the molecule is CCOc1ccc(OCC(=O)NCc2ccc(S(N)(=O)=O)cc2)cc1. The number of ether oxygens (including phenoxy) is 2. The van der Waals surface area contributed by atoms with Crippen molar-refractivity contribution >= 4 is 15.9 Å². The fourth-order valence-electron chi connectivity index (χ4n) is 2.00. The van der Waals surface area contributed by atoms with Gasteiger partial charge < -0.3 is 14.8 Å². The molecule has 7 nitrogen and oxygen atoms in total. The predicted octanol–water partition coefficient (Wildman–Crippen LogP) is 1.43. The van der Waals surface area contributed by atoms with Crippen molar-refractivity contribution in [3.8, 4) is 11.5 Å². The minimum atomic E-state index is -3.71. The highest BCUT2D eigenvalue weighted by molar-refractivity contribution is 7.89. The fraction of sp³-hybridized carbons (Fsp3) is 0.235. The van der Waals surface area contributed by atoms with Crippen LogP contribution in [0.3, 0.4) is 0 Å². The first-order chi connectivity index (χ1) is 11.9. The molecule has 134 valence electrons. The first-order valence-corrected chi connectivity index (χ1v) is 9.17. The van der Waals surface area contributed by atoms with E-state index in [0.29, 0.717) is 12.4 Å². The van der Waals surface area contributed by atoms with Crippen LogP contribution >= 0.6 is 0 Å². The predicted molar refractivity (Wildman–Crippen MR) is 92.8 cm³/mol. The number of hydrogen-bond donors (Lipinski definition) is 2. The Morgan fingerprint density at radius 2 is 1.56 bits per heavy atom. The summed E-state index contributed by atoms with van der Waals surface area (Å²) in [6, 6.07) is 13.0. The second-order valence-electron chi connectivity index (χ2n) is 5.16. The molecular weight excluding hydrogens is 344 g/mol. The molecule has 1 amide bonds. The number of carbonyl (C=O) groups is 1. The standard InChI is InChI=1S/C17H20N2O5S/c1-2-23-14-5-7-15(8-6-14)24-12-17(20)19-11-13-3-9-16(10-4-13)25(18,21)22/h3-10H,2,11-12H2,1H3,(H,19,20)(H2,18,21,22). The van der Waals surface area contributed by atoms with Gasteiger partial charge in [-0.25, -0.2) is 13.6 Å². The number of hydrogen-bond acceptors (Lipinski definition) is 5. The van der Waals surface area contributed by atoms with Crippen molar-refractivity contribution in [3.63, 3.8) is 0 Å². The highest BCUT2D eigenvalue weighted by atomic mass is 32.2. The summed E-state index contributed by atoms with van der Waals surface area (Å²) in [5.41, 5.74) is 0.752. The smallest absolute Gasteiger partial charge is 0.258 e. The average molecular weight is 364 g/mol. The minimum absolute atomic E-state index is 0.0291. The van der Waals surface area contributed by atoms with Crippen LogP contribution in [0.1, 0.15) is 12.5 Å². The molecule has 0 fully saturated rings. The van der Waals surface area contributed by atoms with Crippen LogP contribution in [0.15, 0.2) is 53.4 Å². The molecule has 0 saturated carbocycles. The number of amides is 1. The third-order valence-electron chi connectivity index (χ3n) is 3.25. The fourth-order valence-corrected chi connectivity index (χ4v) is 2.51. The van der Waals surface area contributed by atoms with E-state index in [4.69, 9.17) is 14.6 Å². The Morgan fingerprint density at radius 1 is 1.00 bits per heavy atom. The Morgan fingerprint density at radius 3 is 2.08 bits per heavy atom. The second-order valence-corrected chi connectivity index (χ2v) is 6.72. The molecule has 2 aromatic rings. The lowest BCUT2D eigenvalue weighted by molar-refractivity contribution is -0.123. The Kier molecular flexibility index (Phi) is 6.37. The summed E-state index contributed by atoms with van der Waals surface area (Å²) < 4.78 is 33.1. The summed E-state index contributed by atoms with van der Waals surface area (Å²) >= 11 is 0. The molecule has 0 bridgehead atoms. The second kappa shape index (κ2) is 8.50. The van der Waals surface area contributed by atoms with Crippen molar-refractivity contribution in [2.75, 3.05) is 13.2 Å². The van der Waals surface area contributed by atoms with Crippen LogP contribution in [0.2, 0.25) is 0 Å². The lowest BCUT2D eigenvalue weighted by Crippen LogP contribution is -2.28. The first-order valence-electron chi connectivity index (χ1n) is 7.62. The third-order valence-corrected chi connectivity index (χ3v) is 4.18. The molecule has 0 spiro atoms. The highest BCUT2D eigenvalue weighted by Crippen LogP contribution is 2.17. The van der Waals surface area contributed by atoms with Crippen LogP contribution in [-0.2, 0) is 21.4 Å². The molecule has 0 aliphatic carbocycles. The maximum absolute atomic E-state index is 11.8. The Labute approximate surface area is 146 Å². The van der Waals surface area contributed by atoms with Gasteiger partial charge in [-0.3, -0.25) is 4.79 Å². The van der Waals surface area contributed by atoms with E-state index in [1.165, 1.54) is 12.1 Å². The van der Waals surface area contributed by atoms with Gasteiger partial charge in [0.1, 0.15) is 11.5 Å². The number of benzene rings is 2. The maximum atomic E-state index is 11.8.